The van der Waals surface area contributed by atoms with Crippen LogP contribution in [0.15, 0.2) is 24.4 Å². The second kappa shape index (κ2) is 3.40. The fraction of sp³-hybridized carbons (Fsp3) is 0.455. The first-order valence-electron chi connectivity index (χ1n) is 4.54. The highest BCUT2D eigenvalue weighted by atomic mass is 16.2. The Kier molecular flexibility index (Phi) is 2.60. The van der Waals surface area contributed by atoms with E-state index in [1.165, 1.54) is 11.0 Å². The van der Waals surface area contributed by atoms with Crippen molar-refractivity contribution < 1.29 is 9.59 Å². The number of carbonyl (C=O) groups is 2. The number of Topliss-reactive ketones (excluding diaryl/α,β-unsaturated/α-hetero) is 1. The van der Waals surface area contributed by atoms with Gasteiger partial charge < -0.3 is 4.90 Å². The van der Waals surface area contributed by atoms with Crippen molar-refractivity contribution in [3.05, 3.63) is 24.4 Å². The largest absolute Gasteiger partial charge is 0.302 e. The second-order valence-electron chi connectivity index (χ2n) is 4.42. The van der Waals surface area contributed by atoms with Crippen molar-refractivity contribution in [3.63, 3.8) is 0 Å². The van der Waals surface area contributed by atoms with E-state index in [1.54, 1.807) is 6.08 Å². The van der Waals surface area contributed by atoms with Crippen molar-refractivity contribution in [2.75, 3.05) is 6.54 Å². The Morgan fingerprint density at radius 2 is 2.00 bits per heavy atom. The molecule has 0 saturated heterocycles. The molecule has 3 nitrogen and oxygen atoms in total. The molecule has 1 aliphatic heterocycles. The third-order valence-electron chi connectivity index (χ3n) is 2.17. The normalized spacial score (nSPS) is 16.6. The summed E-state index contributed by atoms with van der Waals surface area (Å²) >= 11 is 0. The zero-order valence-corrected chi connectivity index (χ0v) is 8.83. The Bertz CT molecular complexity index is 303. The van der Waals surface area contributed by atoms with Crippen LogP contribution in [0.2, 0.25) is 0 Å². The number of carbonyl (C=O) groups excluding carboxylic acids is 2. The molecule has 0 aromatic heterocycles. The van der Waals surface area contributed by atoms with Gasteiger partial charge in [-0.05, 0) is 6.08 Å². The maximum atomic E-state index is 11.6. The Morgan fingerprint density at radius 1 is 1.43 bits per heavy atom. The SMILES string of the molecule is C=C1C=CC(=O)N1CC(=O)C(C)(C)C. The molecule has 0 aromatic rings. The standard InChI is InChI=1S/C11H15NO2/c1-8-5-6-10(14)12(8)7-9(13)11(2,3)4/h5-6H,1,7H2,2-4H3. The number of ketones is 1. The van der Waals surface area contributed by atoms with Crippen LogP contribution < -0.4 is 0 Å². The number of hydrogen-bond donors (Lipinski definition) is 0. The van der Waals surface area contributed by atoms with E-state index in [0.29, 0.717) is 5.70 Å². The summed E-state index contributed by atoms with van der Waals surface area (Å²) in [7, 11) is 0. The molecule has 76 valence electrons. The van der Waals surface area contributed by atoms with Crippen LogP contribution in [-0.2, 0) is 9.59 Å². The fourth-order valence-electron chi connectivity index (χ4n) is 1.05. The number of nitrogens with zero attached hydrogens (tertiary/aromatic N) is 1. The molecule has 0 N–H and O–H groups in total. The highest BCUT2D eigenvalue weighted by Gasteiger charge is 2.27. The highest BCUT2D eigenvalue weighted by Crippen LogP contribution is 2.19. The van der Waals surface area contributed by atoms with Crippen LogP contribution in [-0.4, -0.2) is 23.1 Å². The van der Waals surface area contributed by atoms with Crippen molar-refractivity contribution >= 4 is 11.7 Å². The molecule has 0 saturated carbocycles. The summed E-state index contributed by atoms with van der Waals surface area (Å²) < 4.78 is 0. The Morgan fingerprint density at radius 3 is 2.36 bits per heavy atom. The van der Waals surface area contributed by atoms with Crippen LogP contribution in [0.3, 0.4) is 0 Å². The van der Waals surface area contributed by atoms with Gasteiger partial charge in [0.05, 0.1) is 6.54 Å². The molecule has 1 heterocycles. The van der Waals surface area contributed by atoms with E-state index < -0.39 is 5.41 Å². The van der Waals surface area contributed by atoms with E-state index in [-0.39, 0.29) is 18.2 Å². The van der Waals surface area contributed by atoms with E-state index in [4.69, 9.17) is 0 Å². The molecule has 14 heavy (non-hydrogen) atoms. The van der Waals surface area contributed by atoms with Crippen LogP contribution in [0.5, 0.6) is 0 Å². The quantitative estimate of drug-likeness (QED) is 0.666. The smallest absolute Gasteiger partial charge is 0.251 e. The molecular weight excluding hydrogens is 178 g/mol. The molecule has 0 spiro atoms. The van der Waals surface area contributed by atoms with Gasteiger partial charge in [-0.25, -0.2) is 0 Å². The van der Waals surface area contributed by atoms with Crippen molar-refractivity contribution in [3.8, 4) is 0 Å². The number of rotatable bonds is 2. The molecular formula is C11H15NO2. The third-order valence-corrected chi connectivity index (χ3v) is 2.17. The summed E-state index contributed by atoms with van der Waals surface area (Å²) in [5, 5.41) is 0. The van der Waals surface area contributed by atoms with Gasteiger partial charge in [-0.1, -0.05) is 27.4 Å². The average molecular weight is 193 g/mol. The summed E-state index contributed by atoms with van der Waals surface area (Å²) in [6.45, 7) is 9.32. The molecule has 1 aliphatic rings. The highest BCUT2D eigenvalue weighted by molar-refractivity contribution is 5.97. The zero-order valence-electron chi connectivity index (χ0n) is 8.83. The Balaban J connectivity index is 2.67. The summed E-state index contributed by atoms with van der Waals surface area (Å²) in [5.41, 5.74) is 0.177. The second-order valence-corrected chi connectivity index (χ2v) is 4.42. The summed E-state index contributed by atoms with van der Waals surface area (Å²) in [5.74, 6) is -0.122. The minimum Gasteiger partial charge on any atom is -0.302 e. The predicted octanol–water partition coefficient (Wildman–Crippen LogP) is 1.51. The molecule has 0 aromatic carbocycles. The van der Waals surface area contributed by atoms with Crippen molar-refractivity contribution in [2.45, 2.75) is 20.8 Å². The number of hydrogen-bond acceptors (Lipinski definition) is 2. The van der Waals surface area contributed by atoms with Crippen LogP contribution in [0, 0.1) is 5.41 Å². The monoisotopic (exact) mass is 193 g/mol. The van der Waals surface area contributed by atoms with Gasteiger partial charge in [0.1, 0.15) is 0 Å². The van der Waals surface area contributed by atoms with Gasteiger partial charge >= 0.3 is 0 Å². The minimum absolute atomic E-state index is 0.0377. The molecule has 0 aliphatic carbocycles. The molecule has 0 unspecified atom stereocenters. The molecule has 0 fully saturated rings. The van der Waals surface area contributed by atoms with Crippen LogP contribution in [0.4, 0.5) is 0 Å². The topological polar surface area (TPSA) is 37.4 Å². The predicted molar refractivity (Wildman–Crippen MR) is 54.5 cm³/mol. The molecule has 1 rings (SSSR count). The van der Waals surface area contributed by atoms with Crippen LogP contribution in [0.25, 0.3) is 0 Å². The number of amides is 1. The summed E-state index contributed by atoms with van der Waals surface area (Å²) in [6.07, 6.45) is 3.05. The first-order chi connectivity index (χ1) is 6.32. The molecule has 0 radical (unpaired) electrons. The fourth-order valence-corrected chi connectivity index (χ4v) is 1.05. The molecule has 0 atom stereocenters. The van der Waals surface area contributed by atoms with E-state index in [1.807, 2.05) is 20.8 Å². The molecule has 3 heteroatoms. The van der Waals surface area contributed by atoms with Gasteiger partial charge in [-0.15, -0.1) is 0 Å². The lowest BCUT2D eigenvalue weighted by molar-refractivity contribution is -0.132. The first kappa shape index (κ1) is 10.7. The molecule has 0 bridgehead atoms. The van der Waals surface area contributed by atoms with Gasteiger partial charge in [0.2, 0.25) is 0 Å². The first-order valence-corrected chi connectivity index (χ1v) is 4.54. The van der Waals surface area contributed by atoms with E-state index in [2.05, 4.69) is 6.58 Å². The Hall–Kier alpha value is -1.38. The third kappa shape index (κ3) is 2.10. The lowest BCUT2D eigenvalue weighted by atomic mass is 9.90. The van der Waals surface area contributed by atoms with Gasteiger partial charge in [0.15, 0.2) is 5.78 Å². The number of allylic oxidation sites excluding steroid dienone is 1. The van der Waals surface area contributed by atoms with Crippen molar-refractivity contribution in [1.82, 2.24) is 4.90 Å². The van der Waals surface area contributed by atoms with E-state index in [0.717, 1.165) is 0 Å². The van der Waals surface area contributed by atoms with Gasteiger partial charge in [0, 0.05) is 17.2 Å². The summed E-state index contributed by atoms with van der Waals surface area (Å²) in [4.78, 5) is 24.3. The van der Waals surface area contributed by atoms with Crippen LogP contribution in [0.1, 0.15) is 20.8 Å². The van der Waals surface area contributed by atoms with Crippen LogP contribution >= 0.6 is 0 Å². The Labute approximate surface area is 84.1 Å². The summed E-state index contributed by atoms with van der Waals surface area (Å²) in [6, 6.07) is 0. The van der Waals surface area contributed by atoms with Crippen molar-refractivity contribution in [2.24, 2.45) is 5.41 Å². The lowest BCUT2D eigenvalue weighted by Crippen LogP contribution is -2.35. The van der Waals surface area contributed by atoms with E-state index >= 15 is 0 Å². The van der Waals surface area contributed by atoms with Gasteiger partial charge in [-0.3, -0.25) is 9.59 Å². The van der Waals surface area contributed by atoms with E-state index in [9.17, 15) is 9.59 Å². The van der Waals surface area contributed by atoms with Gasteiger partial charge in [-0.2, -0.15) is 0 Å². The van der Waals surface area contributed by atoms with Gasteiger partial charge in [0.25, 0.3) is 5.91 Å². The van der Waals surface area contributed by atoms with Crippen molar-refractivity contribution in [1.29, 1.82) is 0 Å². The maximum Gasteiger partial charge on any atom is 0.251 e. The maximum absolute atomic E-state index is 11.6. The zero-order chi connectivity index (χ0) is 10.9. The lowest BCUT2D eigenvalue weighted by Gasteiger charge is -2.22. The minimum atomic E-state index is -0.414. The average Bonchev–Trinajstić information content (AvgIpc) is 2.34. The molecule has 1 amide bonds.